The monoisotopic (exact) mass is 286 g/mol. The number of hydrogen-bond donors (Lipinski definition) is 2. The van der Waals surface area contributed by atoms with Gasteiger partial charge in [-0.1, -0.05) is 42.5 Å². The lowest BCUT2D eigenvalue weighted by atomic mass is 10.2. The number of hydrazone groups is 1. The largest absolute Gasteiger partial charge is 0.507 e. The van der Waals surface area contributed by atoms with Crippen LogP contribution >= 0.6 is 12.2 Å². The second-order valence-corrected chi connectivity index (χ2v) is 4.40. The quantitative estimate of drug-likeness (QED) is 0.515. The molecule has 0 bridgehead atoms. The molecule has 0 heterocycles. The Morgan fingerprint density at radius 3 is 2.70 bits per heavy atom. The molecule has 2 rings (SSSR count). The number of phenols is 1. The zero-order chi connectivity index (χ0) is 14.4. The molecule has 0 aliphatic carbocycles. The van der Waals surface area contributed by atoms with Crippen molar-refractivity contribution in [2.45, 2.75) is 0 Å². The van der Waals surface area contributed by atoms with E-state index in [-0.39, 0.29) is 5.75 Å². The number of nitrogens with one attached hydrogen (secondary N) is 1. The summed E-state index contributed by atoms with van der Waals surface area (Å²) in [7, 11) is 1.57. The summed E-state index contributed by atoms with van der Waals surface area (Å²) in [5.41, 5.74) is 4.19. The minimum atomic E-state index is 0.127. The third kappa shape index (κ3) is 3.55. The first-order chi connectivity index (χ1) is 9.70. The highest BCUT2D eigenvalue weighted by molar-refractivity contribution is 7.80. The molecule has 0 saturated heterocycles. The van der Waals surface area contributed by atoms with Crippen LogP contribution in [0.3, 0.4) is 0 Å². The van der Waals surface area contributed by atoms with Gasteiger partial charge in [0.2, 0.25) is 0 Å². The van der Waals surface area contributed by atoms with Crippen molar-refractivity contribution < 1.29 is 9.84 Å². The lowest BCUT2D eigenvalue weighted by Gasteiger charge is -2.04. The molecule has 20 heavy (non-hydrogen) atoms. The van der Waals surface area contributed by atoms with Crippen LogP contribution in [0.25, 0.3) is 0 Å². The molecule has 0 saturated carbocycles. The molecule has 2 aromatic rings. The fourth-order valence-corrected chi connectivity index (χ4v) is 1.77. The highest BCUT2D eigenvalue weighted by atomic mass is 32.1. The summed E-state index contributed by atoms with van der Waals surface area (Å²) in [4.78, 5) is 0.518. The van der Waals surface area contributed by atoms with Crippen LogP contribution in [-0.4, -0.2) is 23.4 Å². The van der Waals surface area contributed by atoms with E-state index in [0.717, 1.165) is 5.56 Å². The number of hydrogen-bond acceptors (Lipinski definition) is 4. The predicted molar refractivity (Wildman–Crippen MR) is 83.5 cm³/mol. The van der Waals surface area contributed by atoms with Gasteiger partial charge in [0.25, 0.3) is 0 Å². The zero-order valence-electron chi connectivity index (χ0n) is 10.9. The first kappa shape index (κ1) is 14.0. The van der Waals surface area contributed by atoms with Gasteiger partial charge >= 0.3 is 0 Å². The molecular formula is C15H14N2O2S. The lowest BCUT2D eigenvalue weighted by molar-refractivity contribution is 0.412. The van der Waals surface area contributed by atoms with Gasteiger partial charge in [-0.3, -0.25) is 5.43 Å². The van der Waals surface area contributed by atoms with Gasteiger partial charge in [0, 0.05) is 11.1 Å². The summed E-state index contributed by atoms with van der Waals surface area (Å²) in [5.74, 6) is 0.775. The molecule has 0 spiro atoms. The number of nitrogens with zero attached hydrogens (tertiary/aromatic N) is 1. The molecule has 2 aromatic carbocycles. The van der Waals surface area contributed by atoms with Gasteiger partial charge in [0.1, 0.15) is 16.5 Å². The second-order valence-electron chi connectivity index (χ2n) is 3.99. The second kappa shape index (κ2) is 6.68. The molecule has 102 valence electrons. The SMILES string of the molecule is COc1ccc(O)c(/C=N/NC(=S)c2ccccc2)c1. The first-order valence-corrected chi connectivity index (χ1v) is 6.37. The van der Waals surface area contributed by atoms with E-state index < -0.39 is 0 Å². The minimum Gasteiger partial charge on any atom is -0.507 e. The Morgan fingerprint density at radius 2 is 2.00 bits per heavy atom. The Morgan fingerprint density at radius 1 is 1.25 bits per heavy atom. The number of rotatable bonds is 4. The number of methoxy groups -OCH3 is 1. The van der Waals surface area contributed by atoms with Crippen LogP contribution in [0.2, 0.25) is 0 Å². The van der Waals surface area contributed by atoms with Crippen LogP contribution < -0.4 is 10.2 Å². The van der Waals surface area contributed by atoms with E-state index in [1.165, 1.54) is 6.21 Å². The maximum Gasteiger partial charge on any atom is 0.126 e. The highest BCUT2D eigenvalue weighted by Crippen LogP contribution is 2.20. The molecule has 0 aromatic heterocycles. The Kier molecular flexibility index (Phi) is 4.68. The van der Waals surface area contributed by atoms with E-state index >= 15 is 0 Å². The van der Waals surface area contributed by atoms with Crippen LogP contribution in [0.1, 0.15) is 11.1 Å². The molecule has 0 radical (unpaired) electrons. The van der Waals surface area contributed by atoms with Crippen LogP contribution in [-0.2, 0) is 0 Å². The van der Waals surface area contributed by atoms with E-state index in [1.54, 1.807) is 25.3 Å². The van der Waals surface area contributed by atoms with Crippen LogP contribution in [0.4, 0.5) is 0 Å². The van der Waals surface area contributed by atoms with Crippen molar-refractivity contribution in [3.8, 4) is 11.5 Å². The molecule has 2 N–H and O–H groups in total. The Hall–Kier alpha value is -2.40. The first-order valence-electron chi connectivity index (χ1n) is 5.96. The van der Waals surface area contributed by atoms with Crippen molar-refractivity contribution in [1.82, 2.24) is 5.43 Å². The molecule has 0 fully saturated rings. The van der Waals surface area contributed by atoms with Gasteiger partial charge < -0.3 is 9.84 Å². The third-order valence-corrected chi connectivity index (χ3v) is 2.97. The van der Waals surface area contributed by atoms with Gasteiger partial charge in [-0.25, -0.2) is 0 Å². The maximum absolute atomic E-state index is 9.71. The summed E-state index contributed by atoms with van der Waals surface area (Å²) in [6.07, 6.45) is 1.49. The molecule has 0 amide bonds. The molecule has 0 unspecified atom stereocenters. The molecular weight excluding hydrogens is 272 g/mol. The summed E-state index contributed by atoms with van der Waals surface area (Å²) in [5, 5.41) is 13.7. The fourth-order valence-electron chi connectivity index (χ4n) is 1.58. The van der Waals surface area contributed by atoms with Crippen LogP contribution in [0, 0.1) is 0 Å². The molecule has 4 nitrogen and oxygen atoms in total. The maximum atomic E-state index is 9.71. The summed E-state index contributed by atoms with van der Waals surface area (Å²) in [6.45, 7) is 0. The zero-order valence-corrected chi connectivity index (χ0v) is 11.7. The van der Waals surface area contributed by atoms with Crippen LogP contribution in [0.5, 0.6) is 11.5 Å². The number of benzene rings is 2. The van der Waals surface area contributed by atoms with Crippen molar-refractivity contribution in [2.75, 3.05) is 7.11 Å². The van der Waals surface area contributed by atoms with Gasteiger partial charge in [0.05, 0.1) is 13.3 Å². The van der Waals surface area contributed by atoms with Crippen molar-refractivity contribution in [3.05, 3.63) is 59.7 Å². The van der Waals surface area contributed by atoms with Crippen molar-refractivity contribution in [3.63, 3.8) is 0 Å². The van der Waals surface area contributed by atoms with E-state index in [4.69, 9.17) is 17.0 Å². The van der Waals surface area contributed by atoms with Crippen molar-refractivity contribution >= 4 is 23.4 Å². The number of ether oxygens (including phenoxy) is 1. The number of thiocarbonyl (C=S) groups is 1. The Balaban J connectivity index is 2.05. The third-order valence-electron chi connectivity index (χ3n) is 2.64. The average molecular weight is 286 g/mol. The Labute approximate surface area is 122 Å². The Bertz CT molecular complexity index is 627. The lowest BCUT2D eigenvalue weighted by Crippen LogP contribution is -2.16. The van der Waals surface area contributed by atoms with E-state index in [0.29, 0.717) is 16.3 Å². The molecule has 0 aliphatic rings. The average Bonchev–Trinajstić information content (AvgIpc) is 2.50. The fraction of sp³-hybridized carbons (Fsp3) is 0.0667. The van der Waals surface area contributed by atoms with E-state index in [9.17, 15) is 5.11 Å². The normalized spacial score (nSPS) is 10.4. The van der Waals surface area contributed by atoms with Gasteiger partial charge in [-0.2, -0.15) is 5.10 Å². The van der Waals surface area contributed by atoms with Crippen molar-refractivity contribution in [1.29, 1.82) is 0 Å². The number of aromatic hydroxyl groups is 1. The van der Waals surface area contributed by atoms with E-state index in [1.807, 2.05) is 30.3 Å². The smallest absolute Gasteiger partial charge is 0.126 e. The number of phenolic OH excluding ortho intramolecular Hbond substituents is 1. The van der Waals surface area contributed by atoms with Gasteiger partial charge in [-0.15, -0.1) is 0 Å². The van der Waals surface area contributed by atoms with Crippen molar-refractivity contribution in [2.24, 2.45) is 5.10 Å². The molecule has 5 heteroatoms. The van der Waals surface area contributed by atoms with Crippen LogP contribution in [0.15, 0.2) is 53.6 Å². The van der Waals surface area contributed by atoms with Gasteiger partial charge in [0.15, 0.2) is 0 Å². The predicted octanol–water partition coefficient (Wildman–Crippen LogP) is 2.70. The summed E-state index contributed by atoms with van der Waals surface area (Å²) >= 11 is 5.21. The summed E-state index contributed by atoms with van der Waals surface area (Å²) < 4.78 is 5.09. The van der Waals surface area contributed by atoms with E-state index in [2.05, 4.69) is 10.5 Å². The highest BCUT2D eigenvalue weighted by Gasteiger charge is 2.01. The topological polar surface area (TPSA) is 53.9 Å². The molecule has 0 aliphatic heterocycles. The molecule has 0 atom stereocenters. The summed E-state index contributed by atoms with van der Waals surface area (Å²) in [6, 6.07) is 14.4. The minimum absolute atomic E-state index is 0.127. The standard InChI is InChI=1S/C15H14N2O2S/c1-19-13-7-8-14(18)12(9-13)10-16-17-15(20)11-5-3-2-4-6-11/h2-10,18H,1H3,(H,17,20)/b16-10+. The van der Waals surface area contributed by atoms with Gasteiger partial charge in [-0.05, 0) is 18.2 Å².